The summed E-state index contributed by atoms with van der Waals surface area (Å²) in [4.78, 5) is 12.2. The predicted molar refractivity (Wildman–Crippen MR) is 95.3 cm³/mol. The van der Waals surface area contributed by atoms with Gasteiger partial charge in [0.05, 0.1) is 25.0 Å². The zero-order chi connectivity index (χ0) is 20.0. The third kappa shape index (κ3) is 5.47. The second-order valence-electron chi connectivity index (χ2n) is 5.82. The van der Waals surface area contributed by atoms with Crippen LogP contribution < -0.4 is 14.9 Å². The van der Waals surface area contributed by atoms with Crippen molar-refractivity contribution in [1.29, 1.82) is 0 Å². The number of carbonyl (C=O) groups excluding carboxylic acids is 1. The lowest BCUT2D eigenvalue weighted by atomic mass is 10.1. The highest BCUT2D eigenvalue weighted by atomic mass is 19.4. The Morgan fingerprint density at radius 2 is 1.85 bits per heavy atom. The number of ether oxygens (including phenoxy) is 2. The quantitative estimate of drug-likeness (QED) is 0.602. The number of nitrogens with zero attached hydrogens (tertiary/aromatic N) is 1. The summed E-state index contributed by atoms with van der Waals surface area (Å²) in [5, 5.41) is 3.62. The average molecular weight is 380 g/mol. The molecule has 1 amide bonds. The van der Waals surface area contributed by atoms with Crippen LogP contribution in [0.5, 0.6) is 11.5 Å². The van der Waals surface area contributed by atoms with Crippen LogP contribution in [0.2, 0.25) is 0 Å². The van der Waals surface area contributed by atoms with Crippen molar-refractivity contribution in [2.75, 3.05) is 7.11 Å². The van der Waals surface area contributed by atoms with Gasteiger partial charge in [-0.1, -0.05) is 18.2 Å². The normalized spacial score (nSPS) is 11.7. The van der Waals surface area contributed by atoms with E-state index in [1.165, 1.54) is 37.4 Å². The smallest absolute Gasteiger partial charge is 0.417 e. The van der Waals surface area contributed by atoms with E-state index in [0.717, 1.165) is 12.3 Å². The Morgan fingerprint density at radius 3 is 2.48 bits per heavy atom. The highest BCUT2D eigenvalue weighted by Gasteiger charge is 2.32. The zero-order valence-corrected chi connectivity index (χ0v) is 15.0. The van der Waals surface area contributed by atoms with Gasteiger partial charge in [-0.05, 0) is 38.1 Å². The maximum absolute atomic E-state index is 12.9. The summed E-state index contributed by atoms with van der Waals surface area (Å²) in [6.45, 7) is 3.71. The number of carbonyl (C=O) groups is 1. The molecule has 0 saturated carbocycles. The molecule has 0 aliphatic heterocycles. The average Bonchev–Trinajstić information content (AvgIpc) is 2.61. The van der Waals surface area contributed by atoms with Crippen molar-refractivity contribution >= 4 is 12.1 Å². The monoisotopic (exact) mass is 380 g/mol. The van der Waals surface area contributed by atoms with Gasteiger partial charge in [0.15, 0.2) is 11.5 Å². The number of hydrogen-bond donors (Lipinski definition) is 1. The molecule has 5 nitrogen and oxygen atoms in total. The number of alkyl halides is 3. The van der Waals surface area contributed by atoms with Crippen LogP contribution in [0.1, 0.15) is 35.3 Å². The number of halogens is 3. The molecule has 0 aliphatic carbocycles. The largest absolute Gasteiger partial charge is 0.493 e. The molecule has 0 radical (unpaired) electrons. The van der Waals surface area contributed by atoms with Crippen LogP contribution >= 0.6 is 0 Å². The summed E-state index contributed by atoms with van der Waals surface area (Å²) in [5.41, 5.74) is 1.45. The number of rotatable bonds is 6. The number of hydrazone groups is 1. The first-order valence-corrected chi connectivity index (χ1v) is 8.06. The standard InChI is InChI=1S/C19H19F3N2O3/c1-12(2)27-16-9-8-13(10-17(16)26-3)18(25)24-23-11-14-6-4-5-7-15(14)19(20,21)22/h4-12H,1-3H3,(H,24,25)/b23-11-. The van der Waals surface area contributed by atoms with Gasteiger partial charge in [-0.3, -0.25) is 4.79 Å². The van der Waals surface area contributed by atoms with Crippen molar-refractivity contribution in [1.82, 2.24) is 5.43 Å². The Bertz CT molecular complexity index is 833. The Morgan fingerprint density at radius 1 is 1.15 bits per heavy atom. The maximum Gasteiger partial charge on any atom is 0.417 e. The number of amides is 1. The van der Waals surface area contributed by atoms with Crippen LogP contribution in [0.3, 0.4) is 0 Å². The predicted octanol–water partition coefficient (Wildman–Crippen LogP) is 4.27. The van der Waals surface area contributed by atoms with E-state index in [0.29, 0.717) is 11.5 Å². The summed E-state index contributed by atoms with van der Waals surface area (Å²) in [5.74, 6) is 0.250. The van der Waals surface area contributed by atoms with Crippen LogP contribution in [0.25, 0.3) is 0 Å². The van der Waals surface area contributed by atoms with E-state index >= 15 is 0 Å². The summed E-state index contributed by atoms with van der Waals surface area (Å²) in [6, 6.07) is 9.50. The number of hydrogen-bond acceptors (Lipinski definition) is 4. The summed E-state index contributed by atoms with van der Waals surface area (Å²) in [7, 11) is 1.44. The van der Waals surface area contributed by atoms with Crippen molar-refractivity contribution in [2.45, 2.75) is 26.1 Å². The van der Waals surface area contributed by atoms with Crippen LogP contribution in [-0.4, -0.2) is 25.3 Å². The lowest BCUT2D eigenvalue weighted by molar-refractivity contribution is -0.137. The third-order valence-electron chi connectivity index (χ3n) is 3.42. The van der Waals surface area contributed by atoms with Gasteiger partial charge in [0, 0.05) is 11.1 Å². The van der Waals surface area contributed by atoms with E-state index in [4.69, 9.17) is 9.47 Å². The molecule has 8 heteroatoms. The van der Waals surface area contributed by atoms with Gasteiger partial charge in [-0.15, -0.1) is 0 Å². The van der Waals surface area contributed by atoms with E-state index < -0.39 is 17.6 Å². The van der Waals surface area contributed by atoms with Crippen molar-refractivity contribution in [2.24, 2.45) is 5.10 Å². The molecule has 1 N–H and O–H groups in total. The minimum absolute atomic E-state index is 0.0723. The first-order valence-electron chi connectivity index (χ1n) is 8.06. The molecular weight excluding hydrogens is 361 g/mol. The molecule has 0 aromatic heterocycles. The van der Waals surface area contributed by atoms with Gasteiger partial charge in [0.2, 0.25) is 0 Å². The van der Waals surface area contributed by atoms with Gasteiger partial charge >= 0.3 is 6.18 Å². The Labute approximate surface area is 154 Å². The molecule has 144 valence electrons. The molecule has 0 saturated heterocycles. The molecule has 27 heavy (non-hydrogen) atoms. The Kier molecular flexibility index (Phi) is 6.44. The van der Waals surface area contributed by atoms with Gasteiger partial charge in [0.25, 0.3) is 5.91 Å². The lowest BCUT2D eigenvalue weighted by Crippen LogP contribution is -2.18. The first kappa shape index (κ1) is 20.3. The molecule has 0 atom stereocenters. The van der Waals surface area contributed by atoms with Crippen molar-refractivity contribution in [3.63, 3.8) is 0 Å². The van der Waals surface area contributed by atoms with E-state index in [9.17, 15) is 18.0 Å². The van der Waals surface area contributed by atoms with Crippen LogP contribution in [0.15, 0.2) is 47.6 Å². The molecule has 0 bridgehead atoms. The van der Waals surface area contributed by atoms with E-state index in [1.807, 2.05) is 13.8 Å². The second-order valence-corrected chi connectivity index (χ2v) is 5.82. The third-order valence-corrected chi connectivity index (χ3v) is 3.42. The molecule has 2 aromatic carbocycles. The van der Waals surface area contributed by atoms with E-state index in [-0.39, 0.29) is 17.2 Å². The zero-order valence-electron chi connectivity index (χ0n) is 15.0. The van der Waals surface area contributed by atoms with E-state index in [2.05, 4.69) is 10.5 Å². The number of nitrogens with one attached hydrogen (secondary N) is 1. The van der Waals surface area contributed by atoms with Gasteiger partial charge in [0.1, 0.15) is 0 Å². The van der Waals surface area contributed by atoms with Crippen molar-refractivity contribution < 1.29 is 27.4 Å². The van der Waals surface area contributed by atoms with Gasteiger partial charge in [-0.25, -0.2) is 5.43 Å². The molecule has 2 rings (SSSR count). The molecule has 0 heterocycles. The van der Waals surface area contributed by atoms with E-state index in [1.54, 1.807) is 6.07 Å². The fourth-order valence-corrected chi connectivity index (χ4v) is 2.25. The highest BCUT2D eigenvalue weighted by Crippen LogP contribution is 2.31. The fourth-order valence-electron chi connectivity index (χ4n) is 2.25. The first-order chi connectivity index (χ1) is 12.7. The maximum atomic E-state index is 12.9. The van der Waals surface area contributed by atoms with Gasteiger partial charge < -0.3 is 9.47 Å². The van der Waals surface area contributed by atoms with Crippen molar-refractivity contribution in [3.05, 3.63) is 59.2 Å². The molecular formula is C19H19F3N2O3. The number of benzene rings is 2. The Balaban J connectivity index is 2.14. The minimum atomic E-state index is -4.51. The fraction of sp³-hybridized carbons (Fsp3) is 0.263. The SMILES string of the molecule is COc1cc(C(=O)N/N=C\c2ccccc2C(F)(F)F)ccc1OC(C)C. The van der Waals surface area contributed by atoms with Crippen LogP contribution in [0.4, 0.5) is 13.2 Å². The Hall–Kier alpha value is -3.03. The van der Waals surface area contributed by atoms with Gasteiger partial charge in [-0.2, -0.15) is 18.3 Å². The topological polar surface area (TPSA) is 59.9 Å². The second kappa shape index (κ2) is 8.57. The summed E-state index contributed by atoms with van der Waals surface area (Å²) in [6.07, 6.45) is -3.63. The van der Waals surface area contributed by atoms with Crippen LogP contribution in [-0.2, 0) is 6.18 Å². The minimum Gasteiger partial charge on any atom is -0.493 e. The molecule has 0 fully saturated rings. The number of methoxy groups -OCH3 is 1. The van der Waals surface area contributed by atoms with Crippen LogP contribution in [0, 0.1) is 0 Å². The van der Waals surface area contributed by atoms with Crippen molar-refractivity contribution in [3.8, 4) is 11.5 Å². The molecule has 0 unspecified atom stereocenters. The molecule has 2 aromatic rings. The summed E-state index contributed by atoms with van der Waals surface area (Å²) >= 11 is 0. The highest BCUT2D eigenvalue weighted by molar-refractivity contribution is 5.95. The molecule has 0 spiro atoms. The lowest BCUT2D eigenvalue weighted by Gasteiger charge is -2.14. The summed E-state index contributed by atoms with van der Waals surface area (Å²) < 4.78 is 49.6. The molecule has 0 aliphatic rings.